The van der Waals surface area contributed by atoms with Gasteiger partial charge in [-0.3, -0.25) is 0 Å². The Morgan fingerprint density at radius 2 is 2.08 bits per heavy atom. The van der Waals surface area contributed by atoms with E-state index in [1.54, 1.807) is 0 Å². The Balaban J connectivity index is 0.00000144. The van der Waals surface area contributed by atoms with E-state index in [1.807, 2.05) is 30.3 Å². The van der Waals surface area contributed by atoms with Crippen LogP contribution >= 0.6 is 28.3 Å². The van der Waals surface area contributed by atoms with E-state index in [4.69, 9.17) is 11.0 Å². The summed E-state index contributed by atoms with van der Waals surface area (Å²) in [5, 5.41) is 8.44. The molecule has 1 atom stereocenters. The topological polar surface area (TPSA) is 49.8 Å². The SMILES string of the molecule is Cl.N#CCC(N)c1ccccc1Br. The zero-order valence-electron chi connectivity index (χ0n) is 6.90. The Morgan fingerprint density at radius 3 is 2.62 bits per heavy atom. The third-order valence-corrected chi connectivity index (χ3v) is 2.34. The molecule has 13 heavy (non-hydrogen) atoms. The minimum atomic E-state index is -0.189. The molecular formula is C9H10BrClN2. The van der Waals surface area contributed by atoms with E-state index in [1.165, 1.54) is 0 Å². The minimum Gasteiger partial charge on any atom is -0.323 e. The molecule has 2 N–H and O–H groups in total. The lowest BCUT2D eigenvalue weighted by Crippen LogP contribution is -2.09. The molecule has 1 aromatic carbocycles. The van der Waals surface area contributed by atoms with Crippen LogP contribution in [0.2, 0.25) is 0 Å². The van der Waals surface area contributed by atoms with Crippen molar-refractivity contribution in [2.45, 2.75) is 12.5 Å². The van der Waals surface area contributed by atoms with E-state index in [0.717, 1.165) is 10.0 Å². The van der Waals surface area contributed by atoms with Crippen LogP contribution in [0.25, 0.3) is 0 Å². The van der Waals surface area contributed by atoms with Crippen molar-refractivity contribution in [1.29, 1.82) is 5.26 Å². The summed E-state index contributed by atoms with van der Waals surface area (Å²) in [4.78, 5) is 0. The van der Waals surface area contributed by atoms with Gasteiger partial charge in [0.25, 0.3) is 0 Å². The molecule has 0 aliphatic heterocycles. The molecule has 0 spiro atoms. The smallest absolute Gasteiger partial charge is 0.0641 e. The normalized spacial score (nSPS) is 11.2. The molecule has 1 rings (SSSR count). The van der Waals surface area contributed by atoms with E-state index in [-0.39, 0.29) is 18.4 Å². The van der Waals surface area contributed by atoms with Gasteiger partial charge in [0.1, 0.15) is 0 Å². The molecule has 1 aromatic rings. The molecule has 4 heteroatoms. The van der Waals surface area contributed by atoms with Crippen LogP contribution in [0, 0.1) is 11.3 Å². The maximum atomic E-state index is 8.44. The Hall–Kier alpha value is -0.560. The minimum absolute atomic E-state index is 0. The monoisotopic (exact) mass is 260 g/mol. The number of nitrogens with zero attached hydrogens (tertiary/aromatic N) is 1. The van der Waals surface area contributed by atoms with Gasteiger partial charge in [-0.15, -0.1) is 12.4 Å². The summed E-state index contributed by atoms with van der Waals surface area (Å²) in [5.41, 5.74) is 6.74. The zero-order chi connectivity index (χ0) is 8.97. The summed E-state index contributed by atoms with van der Waals surface area (Å²) in [7, 11) is 0. The second-order valence-electron chi connectivity index (χ2n) is 2.49. The van der Waals surface area contributed by atoms with Crippen molar-refractivity contribution in [2.75, 3.05) is 0 Å². The molecular weight excluding hydrogens is 251 g/mol. The molecule has 2 nitrogen and oxygen atoms in total. The van der Waals surface area contributed by atoms with Crippen LogP contribution in [0.5, 0.6) is 0 Å². The first kappa shape index (κ1) is 12.4. The van der Waals surface area contributed by atoms with Gasteiger partial charge < -0.3 is 5.73 Å². The first-order chi connectivity index (χ1) is 5.75. The fourth-order valence-electron chi connectivity index (χ4n) is 0.984. The highest BCUT2D eigenvalue weighted by Crippen LogP contribution is 2.22. The highest BCUT2D eigenvalue weighted by molar-refractivity contribution is 9.10. The van der Waals surface area contributed by atoms with E-state index in [0.29, 0.717) is 6.42 Å². The van der Waals surface area contributed by atoms with Crippen molar-refractivity contribution in [1.82, 2.24) is 0 Å². The Bertz CT molecular complexity index is 309. The van der Waals surface area contributed by atoms with Crippen molar-refractivity contribution in [3.05, 3.63) is 34.3 Å². The van der Waals surface area contributed by atoms with Crippen molar-refractivity contribution in [3.8, 4) is 6.07 Å². The van der Waals surface area contributed by atoms with Crippen LogP contribution in [0.3, 0.4) is 0 Å². The second-order valence-corrected chi connectivity index (χ2v) is 3.34. The first-order valence-electron chi connectivity index (χ1n) is 3.62. The molecule has 0 bridgehead atoms. The lowest BCUT2D eigenvalue weighted by atomic mass is 10.1. The molecule has 0 heterocycles. The third-order valence-electron chi connectivity index (χ3n) is 1.62. The zero-order valence-corrected chi connectivity index (χ0v) is 9.31. The molecule has 0 radical (unpaired) electrons. The van der Waals surface area contributed by atoms with Gasteiger partial charge in [-0.05, 0) is 11.6 Å². The van der Waals surface area contributed by atoms with Crippen molar-refractivity contribution < 1.29 is 0 Å². The largest absolute Gasteiger partial charge is 0.323 e. The first-order valence-corrected chi connectivity index (χ1v) is 4.42. The number of halogens is 2. The van der Waals surface area contributed by atoms with Crippen LogP contribution in [-0.4, -0.2) is 0 Å². The van der Waals surface area contributed by atoms with Crippen molar-refractivity contribution in [3.63, 3.8) is 0 Å². The average molecular weight is 262 g/mol. The lowest BCUT2D eigenvalue weighted by molar-refractivity contribution is 0.745. The average Bonchev–Trinajstić information content (AvgIpc) is 2.05. The number of hydrogen-bond acceptors (Lipinski definition) is 2. The van der Waals surface area contributed by atoms with Crippen molar-refractivity contribution >= 4 is 28.3 Å². The standard InChI is InChI=1S/C9H9BrN2.ClH/c10-8-4-2-1-3-7(8)9(12)5-6-11;/h1-4,9H,5,12H2;1H. The second kappa shape index (κ2) is 5.98. The molecule has 0 aromatic heterocycles. The summed E-state index contributed by atoms with van der Waals surface area (Å²) in [6, 6.07) is 9.54. The summed E-state index contributed by atoms with van der Waals surface area (Å²) >= 11 is 3.38. The fraction of sp³-hybridized carbons (Fsp3) is 0.222. The van der Waals surface area contributed by atoms with Gasteiger partial charge in [-0.25, -0.2) is 0 Å². The highest BCUT2D eigenvalue weighted by atomic mass is 79.9. The number of benzene rings is 1. The number of nitriles is 1. The lowest BCUT2D eigenvalue weighted by Gasteiger charge is -2.08. The molecule has 0 aliphatic carbocycles. The Morgan fingerprint density at radius 1 is 1.46 bits per heavy atom. The number of hydrogen-bond donors (Lipinski definition) is 1. The van der Waals surface area contributed by atoms with E-state index < -0.39 is 0 Å². The highest BCUT2D eigenvalue weighted by Gasteiger charge is 2.07. The van der Waals surface area contributed by atoms with Gasteiger partial charge in [-0.2, -0.15) is 5.26 Å². The fourth-order valence-corrected chi connectivity index (χ4v) is 1.56. The summed E-state index contributed by atoms with van der Waals surface area (Å²) in [6.45, 7) is 0. The van der Waals surface area contributed by atoms with Crippen LogP contribution < -0.4 is 5.73 Å². The summed E-state index contributed by atoms with van der Waals surface area (Å²) in [5.74, 6) is 0. The molecule has 0 saturated heterocycles. The van der Waals surface area contributed by atoms with Gasteiger partial charge in [0, 0.05) is 10.5 Å². The van der Waals surface area contributed by atoms with Gasteiger partial charge in [-0.1, -0.05) is 34.1 Å². The summed E-state index contributed by atoms with van der Waals surface area (Å²) in [6.07, 6.45) is 0.350. The Labute approximate surface area is 92.3 Å². The van der Waals surface area contributed by atoms with E-state index in [2.05, 4.69) is 15.9 Å². The Kier molecular flexibility index (Phi) is 5.72. The number of rotatable bonds is 2. The molecule has 0 fully saturated rings. The summed E-state index contributed by atoms with van der Waals surface area (Å²) < 4.78 is 0.966. The molecule has 0 amide bonds. The van der Waals surface area contributed by atoms with E-state index in [9.17, 15) is 0 Å². The molecule has 0 saturated carbocycles. The van der Waals surface area contributed by atoms with Gasteiger partial charge in [0.2, 0.25) is 0 Å². The molecule has 70 valence electrons. The molecule has 1 unspecified atom stereocenters. The van der Waals surface area contributed by atoms with Gasteiger partial charge in [0.05, 0.1) is 12.5 Å². The van der Waals surface area contributed by atoms with Crippen molar-refractivity contribution in [2.24, 2.45) is 5.73 Å². The van der Waals surface area contributed by atoms with Gasteiger partial charge in [0.15, 0.2) is 0 Å². The third kappa shape index (κ3) is 3.35. The van der Waals surface area contributed by atoms with Crippen LogP contribution in [-0.2, 0) is 0 Å². The number of nitrogens with two attached hydrogens (primary N) is 1. The van der Waals surface area contributed by atoms with E-state index >= 15 is 0 Å². The quantitative estimate of drug-likeness (QED) is 0.890. The predicted molar refractivity (Wildman–Crippen MR) is 58.5 cm³/mol. The van der Waals surface area contributed by atoms with Gasteiger partial charge >= 0.3 is 0 Å². The molecule has 0 aliphatic rings. The van der Waals surface area contributed by atoms with Crippen LogP contribution in [0.15, 0.2) is 28.7 Å². The van der Waals surface area contributed by atoms with Crippen LogP contribution in [0.1, 0.15) is 18.0 Å². The maximum Gasteiger partial charge on any atom is 0.0641 e. The predicted octanol–water partition coefficient (Wildman–Crippen LogP) is 2.78. The van der Waals surface area contributed by atoms with Crippen LogP contribution in [0.4, 0.5) is 0 Å². The maximum absolute atomic E-state index is 8.44.